The van der Waals surface area contributed by atoms with Crippen molar-refractivity contribution in [3.8, 4) is 0 Å². The molecule has 2 aromatic heterocycles. The molecule has 0 saturated heterocycles. The lowest BCUT2D eigenvalue weighted by Crippen LogP contribution is -2.10. The Bertz CT molecular complexity index is 810. The van der Waals surface area contributed by atoms with Crippen LogP contribution < -0.4 is 15.4 Å². The molecule has 8 nitrogen and oxygen atoms in total. The molecular weight excluding hydrogens is 334 g/mol. The van der Waals surface area contributed by atoms with Crippen LogP contribution in [0.3, 0.4) is 0 Å². The number of anilines is 4. The summed E-state index contributed by atoms with van der Waals surface area (Å²) in [4.78, 5) is 8.98. The zero-order valence-corrected chi connectivity index (χ0v) is 13.7. The molecule has 3 N–H and O–H groups in total. The van der Waals surface area contributed by atoms with Crippen molar-refractivity contribution in [3.05, 3.63) is 42.2 Å². The lowest BCUT2D eigenvalue weighted by Gasteiger charge is -2.08. The minimum Gasteiger partial charge on any atom is -0.340 e. The van der Waals surface area contributed by atoms with Gasteiger partial charge in [-0.05, 0) is 25.2 Å². The fourth-order valence-electron chi connectivity index (χ4n) is 1.79. The quantitative estimate of drug-likeness (QED) is 0.627. The van der Waals surface area contributed by atoms with E-state index in [1.807, 2.05) is 12.1 Å². The van der Waals surface area contributed by atoms with Gasteiger partial charge in [0.2, 0.25) is 5.13 Å². The van der Waals surface area contributed by atoms with Gasteiger partial charge in [0.15, 0.2) is 0 Å². The van der Waals surface area contributed by atoms with Crippen molar-refractivity contribution in [1.82, 2.24) is 24.9 Å². The SMILES string of the molecule is CNS(=O)c1cccc(Nc2cc(Nc3nncs3)ncn2)c1. The minimum absolute atomic E-state index is 0.606. The van der Waals surface area contributed by atoms with Gasteiger partial charge in [-0.1, -0.05) is 17.4 Å². The van der Waals surface area contributed by atoms with Crippen molar-refractivity contribution in [3.63, 3.8) is 0 Å². The van der Waals surface area contributed by atoms with Crippen molar-refractivity contribution >= 4 is 44.8 Å². The molecule has 0 fully saturated rings. The molecular formula is C13H13N7OS2. The van der Waals surface area contributed by atoms with E-state index in [0.717, 1.165) is 5.69 Å². The maximum atomic E-state index is 11.8. The van der Waals surface area contributed by atoms with Crippen LogP contribution in [0.5, 0.6) is 0 Å². The smallest absolute Gasteiger partial charge is 0.210 e. The average molecular weight is 347 g/mol. The molecule has 0 saturated carbocycles. The molecule has 1 aromatic carbocycles. The van der Waals surface area contributed by atoms with Crippen molar-refractivity contribution < 1.29 is 4.21 Å². The molecule has 1 unspecified atom stereocenters. The van der Waals surface area contributed by atoms with Gasteiger partial charge in [-0.2, -0.15) is 0 Å². The molecule has 3 rings (SSSR count). The van der Waals surface area contributed by atoms with E-state index in [1.165, 1.54) is 17.7 Å². The summed E-state index contributed by atoms with van der Waals surface area (Å²) >= 11 is 1.38. The van der Waals surface area contributed by atoms with Crippen molar-refractivity contribution in [2.24, 2.45) is 0 Å². The summed E-state index contributed by atoms with van der Waals surface area (Å²) in [7, 11) is 0.411. The van der Waals surface area contributed by atoms with E-state index in [4.69, 9.17) is 0 Å². The second-order valence-electron chi connectivity index (χ2n) is 4.28. The summed E-state index contributed by atoms with van der Waals surface area (Å²) in [5.41, 5.74) is 2.42. The first kappa shape index (κ1) is 15.5. The van der Waals surface area contributed by atoms with Crippen LogP contribution in [0.25, 0.3) is 0 Å². The molecule has 0 bridgehead atoms. The topological polar surface area (TPSA) is 105 Å². The van der Waals surface area contributed by atoms with E-state index in [0.29, 0.717) is 21.7 Å². The first-order chi connectivity index (χ1) is 11.2. The van der Waals surface area contributed by atoms with Crippen LogP contribution >= 0.6 is 11.3 Å². The number of nitrogens with one attached hydrogen (secondary N) is 3. The summed E-state index contributed by atoms with van der Waals surface area (Å²) < 4.78 is 14.5. The van der Waals surface area contributed by atoms with Gasteiger partial charge < -0.3 is 10.6 Å². The Hall–Kier alpha value is -2.43. The summed E-state index contributed by atoms with van der Waals surface area (Å²) in [6.07, 6.45) is 1.45. The van der Waals surface area contributed by atoms with Gasteiger partial charge in [-0.25, -0.2) is 18.9 Å². The second-order valence-corrected chi connectivity index (χ2v) is 6.53. The normalized spacial score (nSPS) is 11.9. The molecule has 0 aliphatic carbocycles. The Balaban J connectivity index is 1.76. The van der Waals surface area contributed by atoms with Gasteiger partial charge in [-0.15, -0.1) is 10.2 Å². The van der Waals surface area contributed by atoms with Crippen LogP contribution in [0.4, 0.5) is 22.5 Å². The van der Waals surface area contributed by atoms with E-state index in [-0.39, 0.29) is 0 Å². The third-order valence-corrected chi connectivity index (χ3v) is 4.43. The predicted octanol–water partition coefficient (Wildman–Crippen LogP) is 2.06. The minimum atomic E-state index is -1.23. The molecule has 1 atom stereocenters. The number of nitrogens with zero attached hydrogens (tertiary/aromatic N) is 4. The average Bonchev–Trinajstić information content (AvgIpc) is 3.07. The summed E-state index contributed by atoms with van der Waals surface area (Å²) in [6, 6.07) is 9.04. The van der Waals surface area contributed by atoms with Crippen LogP contribution in [0.15, 0.2) is 47.1 Å². The third-order valence-electron chi connectivity index (χ3n) is 2.77. The van der Waals surface area contributed by atoms with Crippen LogP contribution in [0.1, 0.15) is 0 Å². The molecule has 0 aliphatic rings. The summed E-state index contributed by atoms with van der Waals surface area (Å²) in [5.74, 6) is 1.22. The van der Waals surface area contributed by atoms with Crippen LogP contribution in [-0.4, -0.2) is 31.4 Å². The highest BCUT2D eigenvalue weighted by molar-refractivity contribution is 7.83. The highest BCUT2D eigenvalue weighted by Gasteiger charge is 2.05. The fourth-order valence-corrected chi connectivity index (χ4v) is 2.91. The molecule has 23 heavy (non-hydrogen) atoms. The molecule has 118 valence electrons. The molecule has 0 amide bonds. The molecule has 2 heterocycles. The highest BCUT2D eigenvalue weighted by Crippen LogP contribution is 2.21. The largest absolute Gasteiger partial charge is 0.340 e. The Morgan fingerprint density at radius 3 is 2.70 bits per heavy atom. The maximum absolute atomic E-state index is 11.8. The first-order valence-corrected chi connectivity index (χ1v) is 8.59. The molecule has 0 spiro atoms. The number of benzene rings is 1. The lowest BCUT2D eigenvalue weighted by molar-refractivity contribution is 0.678. The van der Waals surface area contributed by atoms with Gasteiger partial charge in [-0.3, -0.25) is 0 Å². The van der Waals surface area contributed by atoms with E-state index in [1.54, 1.807) is 30.8 Å². The van der Waals surface area contributed by atoms with Crippen LogP contribution in [0, 0.1) is 0 Å². The number of rotatable bonds is 6. The Kier molecular flexibility index (Phi) is 4.86. The molecule has 3 aromatic rings. The zero-order valence-electron chi connectivity index (χ0n) is 12.1. The molecule has 0 radical (unpaired) electrons. The van der Waals surface area contributed by atoms with Gasteiger partial charge in [0.05, 0.1) is 4.90 Å². The lowest BCUT2D eigenvalue weighted by atomic mass is 10.3. The molecule has 10 heteroatoms. The van der Waals surface area contributed by atoms with Gasteiger partial charge in [0.25, 0.3) is 0 Å². The second kappa shape index (κ2) is 7.22. The maximum Gasteiger partial charge on any atom is 0.210 e. The summed E-state index contributed by atoms with van der Waals surface area (Å²) in [5, 5.41) is 14.5. The monoisotopic (exact) mass is 347 g/mol. The van der Waals surface area contributed by atoms with Crippen molar-refractivity contribution in [2.75, 3.05) is 17.7 Å². The van der Waals surface area contributed by atoms with Crippen molar-refractivity contribution in [2.45, 2.75) is 4.90 Å². The van der Waals surface area contributed by atoms with E-state index < -0.39 is 11.0 Å². The highest BCUT2D eigenvalue weighted by atomic mass is 32.2. The first-order valence-electron chi connectivity index (χ1n) is 6.56. The Morgan fingerprint density at radius 1 is 1.13 bits per heavy atom. The van der Waals surface area contributed by atoms with Crippen LogP contribution in [0.2, 0.25) is 0 Å². The Labute approximate surface area is 139 Å². The molecule has 0 aliphatic heterocycles. The van der Waals surface area contributed by atoms with Crippen molar-refractivity contribution in [1.29, 1.82) is 0 Å². The van der Waals surface area contributed by atoms with Crippen LogP contribution in [-0.2, 0) is 11.0 Å². The van der Waals surface area contributed by atoms with E-state index in [9.17, 15) is 4.21 Å². The Morgan fingerprint density at radius 2 is 1.96 bits per heavy atom. The zero-order chi connectivity index (χ0) is 16.1. The number of hydrogen-bond donors (Lipinski definition) is 3. The predicted molar refractivity (Wildman–Crippen MR) is 90.4 cm³/mol. The summed E-state index contributed by atoms with van der Waals surface area (Å²) in [6.45, 7) is 0. The third kappa shape index (κ3) is 4.06. The van der Waals surface area contributed by atoms with E-state index >= 15 is 0 Å². The fraction of sp³-hybridized carbons (Fsp3) is 0.0769. The van der Waals surface area contributed by atoms with Gasteiger partial charge in [0, 0.05) is 11.8 Å². The number of aromatic nitrogens is 4. The standard InChI is InChI=1S/C13H13N7OS2/c1-14-23(21)10-4-2-3-9(5-10)18-11-6-12(16-7-15-11)19-13-20-17-8-22-13/h2-8,14H,1H3,(H2,15,16,18,19,20). The van der Waals surface area contributed by atoms with Gasteiger partial charge >= 0.3 is 0 Å². The number of hydrogen-bond acceptors (Lipinski definition) is 8. The van der Waals surface area contributed by atoms with Gasteiger partial charge in [0.1, 0.15) is 34.5 Å². The van der Waals surface area contributed by atoms with E-state index in [2.05, 4.69) is 35.5 Å².